The minimum absolute atomic E-state index is 0.314. The highest BCUT2D eigenvalue weighted by Crippen LogP contribution is 2.24. The Bertz CT molecular complexity index is 1200. The molecule has 0 saturated carbocycles. The van der Waals surface area contributed by atoms with Gasteiger partial charge < -0.3 is 21.1 Å². The SMILES string of the molecule is CC(C)CCC(NC(=O)NC(C)(C)C)[C@H](O)[C@H](Cc1ccccc1)NC(=O)[C@H](C)CS(=O)(=O)C(C)c1ccccc1. The van der Waals surface area contributed by atoms with E-state index in [1.165, 1.54) is 0 Å². The molecule has 0 aliphatic rings. The standard InChI is InChI=1S/C32H49N3O5S/c1-22(2)18-19-27(34-31(38)35-32(5,6)7)29(36)28(20-25-14-10-8-11-15-25)33-30(37)23(3)21-41(39,40)24(4)26-16-12-9-13-17-26/h8-17,22-24,27-29,36H,18-21H2,1-7H3,(H,33,37)(H2,34,35,38)/t23-,24?,27?,28+,29+/m1/s1. The number of carbonyl (C=O) groups excluding carboxylic acids is 2. The Labute approximate surface area is 246 Å². The Hall–Kier alpha value is -2.91. The zero-order valence-corrected chi connectivity index (χ0v) is 26.4. The smallest absolute Gasteiger partial charge is 0.315 e. The first-order valence-corrected chi connectivity index (χ1v) is 16.2. The number of sulfone groups is 1. The van der Waals surface area contributed by atoms with Crippen molar-refractivity contribution >= 4 is 21.8 Å². The Balaban J connectivity index is 2.26. The number of aliphatic hydroxyl groups excluding tert-OH is 1. The second kappa shape index (κ2) is 15.4. The van der Waals surface area contributed by atoms with Gasteiger partial charge in [-0.25, -0.2) is 13.2 Å². The Kier molecular flexibility index (Phi) is 12.8. The molecule has 4 N–H and O–H groups in total. The zero-order chi connectivity index (χ0) is 30.8. The molecule has 41 heavy (non-hydrogen) atoms. The van der Waals surface area contributed by atoms with Crippen LogP contribution in [0.1, 0.15) is 77.7 Å². The fraction of sp³-hybridized carbons (Fsp3) is 0.562. The fourth-order valence-electron chi connectivity index (χ4n) is 4.62. The third kappa shape index (κ3) is 11.8. The van der Waals surface area contributed by atoms with Crippen LogP contribution < -0.4 is 16.0 Å². The molecule has 0 spiro atoms. The molecule has 0 aromatic heterocycles. The summed E-state index contributed by atoms with van der Waals surface area (Å²) in [6.07, 6.45) is 0.468. The summed E-state index contributed by atoms with van der Waals surface area (Å²) >= 11 is 0. The molecule has 228 valence electrons. The van der Waals surface area contributed by atoms with Crippen molar-refractivity contribution < 1.29 is 23.1 Å². The van der Waals surface area contributed by atoms with E-state index in [4.69, 9.17) is 0 Å². The second-order valence-corrected chi connectivity index (χ2v) is 14.9. The molecule has 0 bridgehead atoms. The van der Waals surface area contributed by atoms with E-state index >= 15 is 0 Å². The third-order valence-corrected chi connectivity index (χ3v) is 9.36. The molecule has 0 heterocycles. The van der Waals surface area contributed by atoms with Gasteiger partial charge in [-0.05, 0) is 64.0 Å². The summed E-state index contributed by atoms with van der Waals surface area (Å²) in [5.74, 6) is -1.29. The van der Waals surface area contributed by atoms with E-state index in [0.717, 1.165) is 12.0 Å². The first-order chi connectivity index (χ1) is 19.1. The number of amides is 3. The van der Waals surface area contributed by atoms with E-state index in [9.17, 15) is 23.1 Å². The van der Waals surface area contributed by atoms with Gasteiger partial charge in [-0.3, -0.25) is 4.79 Å². The van der Waals surface area contributed by atoms with Crippen molar-refractivity contribution in [2.45, 2.75) is 96.7 Å². The summed E-state index contributed by atoms with van der Waals surface area (Å²) in [6, 6.07) is 16.6. The molecule has 2 aromatic rings. The molecule has 2 rings (SSSR count). The van der Waals surface area contributed by atoms with Crippen LogP contribution in [0, 0.1) is 11.8 Å². The first kappa shape index (κ1) is 34.3. The number of carbonyl (C=O) groups is 2. The lowest BCUT2D eigenvalue weighted by atomic mass is 9.91. The van der Waals surface area contributed by atoms with Crippen molar-refractivity contribution in [2.24, 2.45) is 11.8 Å². The lowest BCUT2D eigenvalue weighted by Gasteiger charge is -2.33. The van der Waals surface area contributed by atoms with E-state index in [0.29, 0.717) is 24.3 Å². The van der Waals surface area contributed by atoms with Crippen molar-refractivity contribution in [3.63, 3.8) is 0 Å². The van der Waals surface area contributed by atoms with E-state index in [2.05, 4.69) is 29.8 Å². The van der Waals surface area contributed by atoms with Gasteiger partial charge in [-0.1, -0.05) is 81.4 Å². The van der Waals surface area contributed by atoms with E-state index in [1.807, 2.05) is 57.2 Å². The van der Waals surface area contributed by atoms with Crippen LogP contribution in [0.25, 0.3) is 0 Å². The van der Waals surface area contributed by atoms with Crippen molar-refractivity contribution in [3.8, 4) is 0 Å². The molecule has 0 fully saturated rings. The third-order valence-electron chi connectivity index (χ3n) is 7.05. The van der Waals surface area contributed by atoms with Gasteiger partial charge in [-0.2, -0.15) is 0 Å². The summed E-state index contributed by atoms with van der Waals surface area (Å²) in [6.45, 7) is 13.0. The monoisotopic (exact) mass is 587 g/mol. The highest BCUT2D eigenvalue weighted by molar-refractivity contribution is 7.91. The highest BCUT2D eigenvalue weighted by atomic mass is 32.2. The lowest BCUT2D eigenvalue weighted by Crippen LogP contribution is -2.58. The normalized spacial score (nSPS) is 15.8. The Morgan fingerprint density at radius 2 is 1.39 bits per heavy atom. The maximum Gasteiger partial charge on any atom is 0.315 e. The van der Waals surface area contributed by atoms with Crippen LogP contribution in [-0.4, -0.2) is 54.9 Å². The van der Waals surface area contributed by atoms with E-state index in [-0.39, 0.29) is 5.75 Å². The van der Waals surface area contributed by atoms with Crippen molar-refractivity contribution in [1.82, 2.24) is 16.0 Å². The topological polar surface area (TPSA) is 125 Å². The zero-order valence-electron chi connectivity index (χ0n) is 25.6. The van der Waals surface area contributed by atoms with Crippen molar-refractivity contribution in [2.75, 3.05) is 5.75 Å². The molecule has 2 aromatic carbocycles. The van der Waals surface area contributed by atoms with Gasteiger partial charge in [0.25, 0.3) is 0 Å². The summed E-state index contributed by atoms with van der Waals surface area (Å²) in [5.41, 5.74) is 1.11. The Morgan fingerprint density at radius 1 is 0.829 bits per heavy atom. The predicted molar refractivity (Wildman–Crippen MR) is 165 cm³/mol. The van der Waals surface area contributed by atoms with Gasteiger partial charge >= 0.3 is 6.03 Å². The van der Waals surface area contributed by atoms with E-state index in [1.54, 1.807) is 38.1 Å². The van der Waals surface area contributed by atoms with Gasteiger partial charge in [0.1, 0.15) is 0 Å². The second-order valence-electron chi connectivity index (χ2n) is 12.5. The Morgan fingerprint density at radius 3 is 1.93 bits per heavy atom. The molecule has 5 atom stereocenters. The van der Waals surface area contributed by atoms with Crippen LogP contribution in [0.3, 0.4) is 0 Å². The number of nitrogens with one attached hydrogen (secondary N) is 3. The van der Waals surface area contributed by atoms with Crippen molar-refractivity contribution in [1.29, 1.82) is 0 Å². The van der Waals surface area contributed by atoms with Crippen LogP contribution in [0.4, 0.5) is 4.79 Å². The number of aliphatic hydroxyl groups is 1. The molecule has 3 amide bonds. The maximum absolute atomic E-state index is 13.4. The summed E-state index contributed by atoms with van der Waals surface area (Å²) in [4.78, 5) is 26.2. The summed E-state index contributed by atoms with van der Waals surface area (Å²) in [5, 5.41) is 19.6. The number of benzene rings is 2. The number of rotatable bonds is 14. The fourth-order valence-corrected chi connectivity index (χ4v) is 6.33. The average molecular weight is 588 g/mol. The predicted octanol–water partition coefficient (Wildman–Crippen LogP) is 4.79. The number of hydrogen-bond donors (Lipinski definition) is 4. The van der Waals surface area contributed by atoms with Gasteiger partial charge in [-0.15, -0.1) is 0 Å². The first-order valence-electron chi connectivity index (χ1n) is 14.5. The van der Waals surface area contributed by atoms with Gasteiger partial charge in [0.15, 0.2) is 9.84 Å². The van der Waals surface area contributed by atoms with Crippen LogP contribution in [0.2, 0.25) is 0 Å². The number of urea groups is 1. The van der Waals surface area contributed by atoms with Gasteiger partial charge in [0.2, 0.25) is 5.91 Å². The molecule has 0 aliphatic carbocycles. The quantitative estimate of drug-likeness (QED) is 0.253. The number of hydrogen-bond acceptors (Lipinski definition) is 5. The molecule has 2 unspecified atom stereocenters. The molecular weight excluding hydrogens is 538 g/mol. The van der Waals surface area contributed by atoms with Gasteiger partial charge in [0.05, 0.1) is 29.2 Å². The largest absolute Gasteiger partial charge is 0.389 e. The van der Waals surface area contributed by atoms with Crippen LogP contribution in [0.15, 0.2) is 60.7 Å². The summed E-state index contributed by atoms with van der Waals surface area (Å²) in [7, 11) is -3.63. The van der Waals surface area contributed by atoms with Crippen LogP contribution in [-0.2, 0) is 21.1 Å². The van der Waals surface area contributed by atoms with Gasteiger partial charge in [0, 0.05) is 11.5 Å². The summed E-state index contributed by atoms with van der Waals surface area (Å²) < 4.78 is 26.3. The lowest BCUT2D eigenvalue weighted by molar-refractivity contribution is -0.125. The molecule has 0 aliphatic heterocycles. The molecule has 8 nitrogen and oxygen atoms in total. The van der Waals surface area contributed by atoms with Crippen LogP contribution in [0.5, 0.6) is 0 Å². The average Bonchev–Trinajstić information content (AvgIpc) is 2.89. The molecular formula is C32H49N3O5S. The minimum atomic E-state index is -3.63. The molecule has 0 radical (unpaired) electrons. The van der Waals surface area contributed by atoms with Crippen molar-refractivity contribution in [3.05, 3.63) is 71.8 Å². The van der Waals surface area contributed by atoms with E-state index < -0.39 is 56.7 Å². The highest BCUT2D eigenvalue weighted by Gasteiger charge is 2.34. The molecule has 9 heteroatoms. The minimum Gasteiger partial charge on any atom is -0.389 e. The van der Waals surface area contributed by atoms with Crippen LogP contribution >= 0.6 is 0 Å². The molecule has 0 saturated heterocycles. The maximum atomic E-state index is 13.4.